The Bertz CT molecular complexity index is 1960. The fourth-order valence-corrected chi connectivity index (χ4v) is 6.75. The zero-order valence-corrected chi connectivity index (χ0v) is 22.1. The van der Waals surface area contributed by atoms with E-state index in [1.807, 2.05) is 0 Å². The van der Waals surface area contributed by atoms with Crippen LogP contribution in [-0.4, -0.2) is 6.54 Å². The third-order valence-electron chi connectivity index (χ3n) is 8.59. The summed E-state index contributed by atoms with van der Waals surface area (Å²) in [6.07, 6.45) is 6.06. The van der Waals surface area contributed by atoms with Crippen LogP contribution in [0.3, 0.4) is 0 Å². The Morgan fingerprint density at radius 2 is 1.32 bits per heavy atom. The topological polar surface area (TPSA) is 30.3 Å². The molecule has 1 heterocycles. The van der Waals surface area contributed by atoms with Gasteiger partial charge >= 0.3 is 0 Å². The molecule has 1 unspecified atom stereocenters. The Hall–Kier alpha value is -5.07. The van der Waals surface area contributed by atoms with E-state index in [1.54, 1.807) is 0 Å². The molecule has 3 heteroatoms. The number of hydrogen-bond acceptors (Lipinski definition) is 3. The first-order valence-corrected chi connectivity index (χ1v) is 14.0. The summed E-state index contributed by atoms with van der Waals surface area (Å²) >= 11 is 0. The monoisotopic (exact) mass is 513 g/mol. The van der Waals surface area contributed by atoms with Gasteiger partial charge in [-0.05, 0) is 69.9 Å². The second-order valence-electron chi connectivity index (χ2n) is 10.8. The number of para-hydroxylation sites is 2. The lowest BCUT2D eigenvalue weighted by Crippen LogP contribution is -2.21. The molecular weight excluding hydrogens is 486 g/mol. The van der Waals surface area contributed by atoms with Crippen LogP contribution in [0, 0.1) is 17.2 Å². The Morgan fingerprint density at radius 1 is 0.700 bits per heavy atom. The molecule has 190 valence electrons. The number of hydrogen-bond donors (Lipinski definition) is 0. The average Bonchev–Trinajstić information content (AvgIpc) is 3.44. The van der Waals surface area contributed by atoms with E-state index < -0.39 is 0 Å². The maximum Gasteiger partial charge on any atom is 0.0701 e. The van der Waals surface area contributed by atoms with Crippen LogP contribution in [0.1, 0.15) is 12.8 Å². The predicted octanol–water partition coefficient (Wildman–Crippen LogP) is 9.62. The van der Waals surface area contributed by atoms with Crippen molar-refractivity contribution in [2.75, 3.05) is 16.3 Å². The van der Waals surface area contributed by atoms with Crippen LogP contribution >= 0.6 is 0 Å². The van der Waals surface area contributed by atoms with Gasteiger partial charge in [-0.2, -0.15) is 5.26 Å². The van der Waals surface area contributed by atoms with Crippen molar-refractivity contribution in [1.29, 1.82) is 5.26 Å². The predicted molar refractivity (Wildman–Crippen MR) is 167 cm³/mol. The van der Waals surface area contributed by atoms with Gasteiger partial charge in [-0.15, -0.1) is 0 Å². The first-order valence-electron chi connectivity index (χ1n) is 14.0. The van der Waals surface area contributed by atoms with Crippen LogP contribution < -0.4 is 9.80 Å². The second kappa shape index (κ2) is 9.00. The molecule has 0 bridgehead atoms. The van der Waals surface area contributed by atoms with Crippen LogP contribution in [0.2, 0.25) is 0 Å². The highest BCUT2D eigenvalue weighted by atomic mass is 15.2. The summed E-state index contributed by atoms with van der Waals surface area (Å²) in [6.45, 7) is 0.957. The van der Waals surface area contributed by atoms with Gasteiger partial charge in [0.25, 0.3) is 0 Å². The normalized spacial score (nSPS) is 16.7. The zero-order valence-electron chi connectivity index (χ0n) is 22.1. The highest BCUT2D eigenvalue weighted by Gasteiger charge is 2.28. The van der Waals surface area contributed by atoms with E-state index in [4.69, 9.17) is 0 Å². The van der Waals surface area contributed by atoms with Gasteiger partial charge in [-0.25, -0.2) is 0 Å². The number of rotatable bonds is 4. The molecule has 0 radical (unpaired) electrons. The maximum atomic E-state index is 9.61. The van der Waals surface area contributed by atoms with Gasteiger partial charge in [-0.3, -0.25) is 0 Å². The minimum absolute atomic E-state index is 0.0522. The maximum absolute atomic E-state index is 9.61. The van der Waals surface area contributed by atoms with E-state index in [-0.39, 0.29) is 5.92 Å². The third-order valence-corrected chi connectivity index (χ3v) is 8.59. The third kappa shape index (κ3) is 3.43. The summed E-state index contributed by atoms with van der Waals surface area (Å²) in [5.74, 6) is -0.0522. The molecule has 1 aliphatic carbocycles. The Balaban J connectivity index is 1.36. The zero-order chi connectivity index (χ0) is 26.6. The van der Waals surface area contributed by atoms with Crippen molar-refractivity contribution in [2.45, 2.75) is 12.8 Å². The van der Waals surface area contributed by atoms with Crippen LogP contribution in [0.4, 0.5) is 22.7 Å². The minimum atomic E-state index is -0.0522. The molecule has 0 fully saturated rings. The second-order valence-corrected chi connectivity index (χ2v) is 10.8. The van der Waals surface area contributed by atoms with Gasteiger partial charge in [0, 0.05) is 46.5 Å². The van der Waals surface area contributed by atoms with E-state index in [0.29, 0.717) is 0 Å². The molecule has 6 aromatic carbocycles. The van der Waals surface area contributed by atoms with E-state index in [1.165, 1.54) is 55.0 Å². The fraction of sp³-hybridized carbons (Fsp3) is 0.108. The number of allylic oxidation sites excluding steroid dienone is 3. The molecule has 3 nitrogen and oxygen atoms in total. The van der Waals surface area contributed by atoms with Crippen LogP contribution in [0.5, 0.6) is 0 Å². The van der Waals surface area contributed by atoms with Crippen LogP contribution in [-0.2, 0) is 0 Å². The number of nitrogens with zero attached hydrogens (tertiary/aromatic N) is 3. The van der Waals surface area contributed by atoms with E-state index in [9.17, 15) is 5.26 Å². The first kappa shape index (κ1) is 22.9. The van der Waals surface area contributed by atoms with Gasteiger partial charge in [0.05, 0.1) is 17.7 Å². The molecule has 0 spiro atoms. The summed E-state index contributed by atoms with van der Waals surface area (Å²) in [5, 5.41) is 17.3. The molecule has 40 heavy (non-hydrogen) atoms. The average molecular weight is 514 g/mol. The molecule has 2 aliphatic rings. The standard InChI is InChI=1S/C37H27N3/c38-24-25-11-12-26-21-22-39(35(26)23-25)33-19-15-27-14-18-32-34(20-16-28-13-17-31(33)36(27)37(28)32)40(29-7-3-1-4-8-29)30-9-5-2-6-10-30/h1-20,25H,21-23H2. The highest BCUT2D eigenvalue weighted by Crippen LogP contribution is 2.47. The lowest BCUT2D eigenvalue weighted by atomic mass is 9.91. The molecule has 1 aliphatic heterocycles. The van der Waals surface area contributed by atoms with Crippen molar-refractivity contribution >= 4 is 55.1 Å². The molecule has 0 N–H and O–H groups in total. The van der Waals surface area contributed by atoms with E-state index in [2.05, 4.69) is 137 Å². The van der Waals surface area contributed by atoms with E-state index >= 15 is 0 Å². The molecule has 8 rings (SSSR count). The highest BCUT2D eigenvalue weighted by molar-refractivity contribution is 6.27. The molecule has 0 saturated carbocycles. The molecular formula is C37H27N3. The smallest absolute Gasteiger partial charge is 0.0701 e. The number of anilines is 4. The van der Waals surface area contributed by atoms with Crippen molar-refractivity contribution in [2.24, 2.45) is 5.92 Å². The van der Waals surface area contributed by atoms with Crippen LogP contribution in [0.25, 0.3) is 32.3 Å². The summed E-state index contributed by atoms with van der Waals surface area (Å²) < 4.78 is 0. The SMILES string of the molecule is N#CC1C=CC2=C(C1)N(c1ccc3ccc4c(N(c5ccccc5)c5ccccc5)ccc5ccc1c3c54)CC2. The first-order chi connectivity index (χ1) is 19.8. The Kier molecular flexibility index (Phi) is 5.15. The molecule has 6 aromatic rings. The fourth-order valence-electron chi connectivity index (χ4n) is 6.75. The van der Waals surface area contributed by atoms with Gasteiger partial charge in [0.15, 0.2) is 0 Å². The molecule has 0 aromatic heterocycles. The summed E-state index contributed by atoms with van der Waals surface area (Å²) in [6, 6.07) is 41.9. The van der Waals surface area contributed by atoms with Crippen molar-refractivity contribution in [1.82, 2.24) is 0 Å². The largest absolute Gasteiger partial charge is 0.344 e. The summed E-state index contributed by atoms with van der Waals surface area (Å²) in [4.78, 5) is 4.83. The number of benzene rings is 6. The van der Waals surface area contributed by atoms with Crippen molar-refractivity contribution in [3.05, 3.63) is 133 Å². The molecule has 0 amide bonds. The van der Waals surface area contributed by atoms with Gasteiger partial charge in [0.2, 0.25) is 0 Å². The van der Waals surface area contributed by atoms with Gasteiger partial charge in [-0.1, -0.05) is 84.9 Å². The van der Waals surface area contributed by atoms with Crippen molar-refractivity contribution in [3.63, 3.8) is 0 Å². The van der Waals surface area contributed by atoms with Crippen molar-refractivity contribution in [3.8, 4) is 6.07 Å². The summed E-state index contributed by atoms with van der Waals surface area (Å²) in [5.41, 5.74) is 7.37. The van der Waals surface area contributed by atoms with Gasteiger partial charge < -0.3 is 9.80 Å². The van der Waals surface area contributed by atoms with Gasteiger partial charge in [0.1, 0.15) is 0 Å². The molecule has 0 saturated heterocycles. The Morgan fingerprint density at radius 3 is 2.02 bits per heavy atom. The molecule has 1 atom stereocenters. The minimum Gasteiger partial charge on any atom is -0.344 e. The summed E-state index contributed by atoms with van der Waals surface area (Å²) in [7, 11) is 0. The Labute approximate surface area is 233 Å². The van der Waals surface area contributed by atoms with Crippen LogP contribution in [0.15, 0.2) is 133 Å². The lowest BCUT2D eigenvalue weighted by molar-refractivity contribution is 0.770. The van der Waals surface area contributed by atoms with E-state index in [0.717, 1.165) is 30.8 Å². The number of nitriles is 1. The van der Waals surface area contributed by atoms with Crippen molar-refractivity contribution < 1.29 is 0 Å². The lowest BCUT2D eigenvalue weighted by Gasteiger charge is -2.29. The quantitative estimate of drug-likeness (QED) is 0.220.